The minimum absolute atomic E-state index is 0.295. The fourth-order valence-electron chi connectivity index (χ4n) is 2.52. The summed E-state index contributed by atoms with van der Waals surface area (Å²) in [6.45, 7) is 1.54. The number of nitrogens with one attached hydrogen (secondary N) is 1. The monoisotopic (exact) mass is 253 g/mol. The summed E-state index contributed by atoms with van der Waals surface area (Å²) in [5, 5.41) is 3.31. The van der Waals surface area contributed by atoms with Gasteiger partial charge in [-0.05, 0) is 37.6 Å². The number of methoxy groups -OCH3 is 1. The third-order valence-corrected chi connectivity index (χ3v) is 3.56. The van der Waals surface area contributed by atoms with Gasteiger partial charge in [-0.3, -0.25) is 0 Å². The Balaban J connectivity index is 2.05. The van der Waals surface area contributed by atoms with Gasteiger partial charge in [0.2, 0.25) is 0 Å². The van der Waals surface area contributed by atoms with E-state index in [-0.39, 0.29) is 5.82 Å². The predicted molar refractivity (Wildman–Crippen MR) is 68.4 cm³/mol. The van der Waals surface area contributed by atoms with Gasteiger partial charge in [0, 0.05) is 18.6 Å². The summed E-state index contributed by atoms with van der Waals surface area (Å²) in [5.74, 6) is 0.396. The molecule has 4 heteroatoms. The van der Waals surface area contributed by atoms with Gasteiger partial charge < -0.3 is 14.8 Å². The van der Waals surface area contributed by atoms with E-state index in [1.165, 1.54) is 7.11 Å². The van der Waals surface area contributed by atoms with E-state index in [1.807, 2.05) is 13.1 Å². The molecule has 1 fully saturated rings. The van der Waals surface area contributed by atoms with Gasteiger partial charge in [-0.2, -0.15) is 0 Å². The van der Waals surface area contributed by atoms with Gasteiger partial charge in [-0.25, -0.2) is 4.39 Å². The molecule has 1 aliphatic rings. The average Bonchev–Trinajstić information content (AvgIpc) is 2.39. The van der Waals surface area contributed by atoms with Crippen molar-refractivity contribution in [2.45, 2.75) is 18.9 Å². The zero-order valence-electron chi connectivity index (χ0n) is 10.9. The molecule has 0 aliphatic carbocycles. The maximum absolute atomic E-state index is 13.6. The standard InChI is InChI=1S/C14H20FNO2/c1-16-13-5-6-18-9-11(13)7-10-3-4-14(17-2)12(15)8-10/h3-4,8,11,13,16H,5-7,9H2,1-2H3. The van der Waals surface area contributed by atoms with Crippen molar-refractivity contribution in [1.29, 1.82) is 0 Å². The molecule has 1 saturated heterocycles. The lowest BCUT2D eigenvalue weighted by Gasteiger charge is -2.31. The summed E-state index contributed by atoms with van der Waals surface area (Å²) in [6, 6.07) is 5.61. The van der Waals surface area contributed by atoms with Crippen molar-refractivity contribution in [2.75, 3.05) is 27.4 Å². The van der Waals surface area contributed by atoms with E-state index in [1.54, 1.807) is 12.1 Å². The highest BCUT2D eigenvalue weighted by Gasteiger charge is 2.24. The molecule has 100 valence electrons. The van der Waals surface area contributed by atoms with Crippen LogP contribution in [0.1, 0.15) is 12.0 Å². The average molecular weight is 253 g/mol. The Labute approximate surface area is 107 Å². The third kappa shape index (κ3) is 3.00. The van der Waals surface area contributed by atoms with Gasteiger partial charge in [0.05, 0.1) is 13.7 Å². The van der Waals surface area contributed by atoms with E-state index in [4.69, 9.17) is 9.47 Å². The highest BCUT2D eigenvalue weighted by atomic mass is 19.1. The first kappa shape index (κ1) is 13.3. The molecule has 3 nitrogen and oxygen atoms in total. The van der Waals surface area contributed by atoms with Crippen LogP contribution in [-0.2, 0) is 11.2 Å². The zero-order chi connectivity index (χ0) is 13.0. The second-order valence-electron chi connectivity index (χ2n) is 4.69. The van der Waals surface area contributed by atoms with Gasteiger partial charge in [-0.1, -0.05) is 6.07 Å². The van der Waals surface area contributed by atoms with Crippen LogP contribution in [0.3, 0.4) is 0 Å². The van der Waals surface area contributed by atoms with E-state index < -0.39 is 0 Å². The topological polar surface area (TPSA) is 30.5 Å². The molecule has 0 saturated carbocycles. The van der Waals surface area contributed by atoms with Crippen molar-refractivity contribution in [1.82, 2.24) is 5.32 Å². The highest BCUT2D eigenvalue weighted by Crippen LogP contribution is 2.23. The van der Waals surface area contributed by atoms with Crippen LogP contribution in [0.5, 0.6) is 5.75 Å². The lowest BCUT2D eigenvalue weighted by Crippen LogP contribution is -2.41. The first-order chi connectivity index (χ1) is 8.74. The van der Waals surface area contributed by atoms with Crippen LogP contribution in [0.15, 0.2) is 18.2 Å². The molecule has 0 amide bonds. The Bertz CT molecular complexity index is 397. The van der Waals surface area contributed by atoms with Crippen LogP contribution < -0.4 is 10.1 Å². The number of hydrogen-bond donors (Lipinski definition) is 1. The zero-order valence-corrected chi connectivity index (χ0v) is 10.9. The number of rotatable bonds is 4. The molecule has 1 aliphatic heterocycles. The summed E-state index contributed by atoms with van der Waals surface area (Å²) in [7, 11) is 3.45. The molecule has 1 heterocycles. The van der Waals surface area contributed by atoms with E-state index in [0.717, 1.165) is 31.6 Å². The van der Waals surface area contributed by atoms with Gasteiger partial charge in [-0.15, -0.1) is 0 Å². The smallest absolute Gasteiger partial charge is 0.165 e. The largest absolute Gasteiger partial charge is 0.494 e. The van der Waals surface area contributed by atoms with Gasteiger partial charge in [0.25, 0.3) is 0 Å². The molecule has 0 spiro atoms. The normalized spacial score (nSPS) is 23.9. The van der Waals surface area contributed by atoms with E-state index in [9.17, 15) is 4.39 Å². The maximum Gasteiger partial charge on any atom is 0.165 e. The lowest BCUT2D eigenvalue weighted by atomic mass is 9.89. The Morgan fingerprint density at radius 3 is 3.00 bits per heavy atom. The van der Waals surface area contributed by atoms with Crippen LogP contribution in [-0.4, -0.2) is 33.4 Å². The molecule has 1 aromatic carbocycles. The Hall–Kier alpha value is -1.13. The first-order valence-corrected chi connectivity index (χ1v) is 6.32. The van der Waals surface area contributed by atoms with E-state index >= 15 is 0 Å². The SMILES string of the molecule is CNC1CCOCC1Cc1ccc(OC)c(F)c1. The number of benzene rings is 1. The van der Waals surface area contributed by atoms with E-state index in [0.29, 0.717) is 17.7 Å². The third-order valence-electron chi connectivity index (χ3n) is 3.56. The summed E-state index contributed by atoms with van der Waals surface area (Å²) < 4.78 is 24.0. The first-order valence-electron chi connectivity index (χ1n) is 6.32. The Kier molecular flexibility index (Phi) is 4.55. The number of ether oxygens (including phenoxy) is 2. The van der Waals surface area contributed by atoms with Crippen molar-refractivity contribution in [2.24, 2.45) is 5.92 Å². The number of halogens is 1. The van der Waals surface area contributed by atoms with Crippen LogP contribution in [0.2, 0.25) is 0 Å². The molecule has 0 aromatic heterocycles. The Morgan fingerprint density at radius 2 is 2.33 bits per heavy atom. The molecule has 18 heavy (non-hydrogen) atoms. The Morgan fingerprint density at radius 1 is 1.50 bits per heavy atom. The van der Waals surface area contributed by atoms with Gasteiger partial charge >= 0.3 is 0 Å². The van der Waals surface area contributed by atoms with Crippen LogP contribution in [0.25, 0.3) is 0 Å². The summed E-state index contributed by atoms with van der Waals surface area (Å²) in [4.78, 5) is 0. The van der Waals surface area contributed by atoms with Crippen LogP contribution in [0.4, 0.5) is 4.39 Å². The van der Waals surface area contributed by atoms with Crippen molar-refractivity contribution >= 4 is 0 Å². The minimum Gasteiger partial charge on any atom is -0.494 e. The molecule has 1 N–H and O–H groups in total. The summed E-state index contributed by atoms with van der Waals surface area (Å²) in [6.07, 6.45) is 1.84. The van der Waals surface area contributed by atoms with Crippen molar-refractivity contribution < 1.29 is 13.9 Å². The van der Waals surface area contributed by atoms with Gasteiger partial charge in [0.15, 0.2) is 11.6 Å². The maximum atomic E-state index is 13.6. The fourth-order valence-corrected chi connectivity index (χ4v) is 2.52. The van der Waals surface area contributed by atoms with Crippen LogP contribution >= 0.6 is 0 Å². The molecule has 2 unspecified atom stereocenters. The van der Waals surface area contributed by atoms with E-state index in [2.05, 4.69) is 5.32 Å². The highest BCUT2D eigenvalue weighted by molar-refractivity contribution is 5.29. The molecular weight excluding hydrogens is 233 g/mol. The minimum atomic E-state index is -0.298. The molecule has 1 aromatic rings. The quantitative estimate of drug-likeness (QED) is 0.890. The second kappa shape index (κ2) is 6.16. The molecule has 2 rings (SSSR count). The molecule has 0 bridgehead atoms. The second-order valence-corrected chi connectivity index (χ2v) is 4.69. The fraction of sp³-hybridized carbons (Fsp3) is 0.571. The molecular formula is C14H20FNO2. The van der Waals surface area contributed by atoms with Crippen molar-refractivity contribution in [3.8, 4) is 5.75 Å². The molecule has 0 radical (unpaired) electrons. The lowest BCUT2D eigenvalue weighted by molar-refractivity contribution is 0.0342. The summed E-state index contributed by atoms with van der Waals surface area (Å²) in [5.41, 5.74) is 0.990. The van der Waals surface area contributed by atoms with Gasteiger partial charge in [0.1, 0.15) is 0 Å². The van der Waals surface area contributed by atoms with Crippen LogP contribution in [0, 0.1) is 11.7 Å². The molecule has 2 atom stereocenters. The summed E-state index contributed by atoms with van der Waals surface area (Å²) >= 11 is 0. The predicted octanol–water partition coefficient (Wildman–Crippen LogP) is 2.00. The van der Waals surface area contributed by atoms with Crippen molar-refractivity contribution in [3.05, 3.63) is 29.6 Å². The van der Waals surface area contributed by atoms with Crippen molar-refractivity contribution in [3.63, 3.8) is 0 Å². The number of hydrogen-bond acceptors (Lipinski definition) is 3.